The van der Waals surface area contributed by atoms with Crippen molar-refractivity contribution in [2.45, 2.75) is 0 Å². The summed E-state index contributed by atoms with van der Waals surface area (Å²) in [6.45, 7) is 0.785. The van der Waals surface area contributed by atoms with E-state index < -0.39 is 0 Å². The second-order valence-electron chi connectivity index (χ2n) is 4.43. The van der Waals surface area contributed by atoms with Gasteiger partial charge in [-0.15, -0.1) is 0 Å². The Labute approximate surface area is 121 Å². The summed E-state index contributed by atoms with van der Waals surface area (Å²) in [4.78, 5) is 16.0. The van der Waals surface area contributed by atoms with Crippen molar-refractivity contribution >= 4 is 39.7 Å². The third-order valence-corrected chi connectivity index (χ3v) is 3.94. The van der Waals surface area contributed by atoms with Gasteiger partial charge in [0.1, 0.15) is 0 Å². The molecule has 3 rings (SSSR count). The zero-order valence-electron chi connectivity index (χ0n) is 10.9. The van der Waals surface area contributed by atoms with Crippen LogP contribution in [0.1, 0.15) is 5.56 Å². The maximum absolute atomic E-state index is 11.8. The highest BCUT2D eigenvalue weighted by molar-refractivity contribution is 8.14. The Morgan fingerprint density at radius 1 is 1.20 bits per heavy atom. The van der Waals surface area contributed by atoms with Crippen LogP contribution in [0.3, 0.4) is 0 Å². The van der Waals surface area contributed by atoms with E-state index in [9.17, 15) is 4.79 Å². The summed E-state index contributed by atoms with van der Waals surface area (Å²) in [6.07, 6.45) is 3.40. The molecule has 0 atom stereocenters. The van der Waals surface area contributed by atoms with E-state index in [-0.39, 0.29) is 5.91 Å². The fourth-order valence-electron chi connectivity index (χ4n) is 2.12. The van der Waals surface area contributed by atoms with E-state index in [1.165, 1.54) is 5.39 Å². The van der Waals surface area contributed by atoms with E-state index in [2.05, 4.69) is 28.5 Å². The number of fused-ring (bicyclic) bond motifs is 1. The zero-order valence-corrected chi connectivity index (χ0v) is 11.7. The Bertz CT molecular complexity index is 701. The van der Waals surface area contributed by atoms with Crippen LogP contribution < -0.4 is 5.32 Å². The third kappa shape index (κ3) is 2.91. The van der Waals surface area contributed by atoms with Crippen LogP contribution in [0.5, 0.6) is 0 Å². The number of benzene rings is 2. The number of hydrogen-bond donors (Lipinski definition) is 1. The molecule has 100 valence electrons. The minimum Gasteiger partial charge on any atom is -0.302 e. The van der Waals surface area contributed by atoms with Crippen LogP contribution in [-0.2, 0) is 4.79 Å². The van der Waals surface area contributed by atoms with E-state index in [1.807, 2.05) is 30.3 Å². The van der Waals surface area contributed by atoms with Crippen LogP contribution in [0, 0.1) is 0 Å². The van der Waals surface area contributed by atoms with Gasteiger partial charge in [-0.3, -0.25) is 9.79 Å². The summed E-state index contributed by atoms with van der Waals surface area (Å²) in [5.74, 6) is 0.814. The van der Waals surface area contributed by atoms with Crippen LogP contribution in [0.25, 0.3) is 16.8 Å². The lowest BCUT2D eigenvalue weighted by Crippen LogP contribution is -2.25. The maximum Gasteiger partial charge on any atom is 0.249 e. The van der Waals surface area contributed by atoms with E-state index in [0.717, 1.165) is 28.4 Å². The molecule has 0 aliphatic carbocycles. The molecule has 0 unspecified atom stereocenters. The standard InChI is InChI=1S/C16H14N2OS/c19-15(18-16-17-10-11-20-16)9-8-13-6-3-5-12-4-1-2-7-14(12)13/h1-9H,10-11H2,(H,17,18,19)/b9-8+. The summed E-state index contributed by atoms with van der Waals surface area (Å²) < 4.78 is 0. The van der Waals surface area contributed by atoms with E-state index in [1.54, 1.807) is 17.8 Å². The molecule has 0 fully saturated rings. The molecule has 0 saturated heterocycles. The molecule has 2 aromatic rings. The van der Waals surface area contributed by atoms with Crippen LogP contribution >= 0.6 is 11.8 Å². The van der Waals surface area contributed by atoms with Gasteiger partial charge in [0.15, 0.2) is 5.17 Å². The highest BCUT2D eigenvalue weighted by atomic mass is 32.2. The van der Waals surface area contributed by atoms with Gasteiger partial charge in [-0.25, -0.2) is 0 Å². The van der Waals surface area contributed by atoms with Crippen LogP contribution in [0.4, 0.5) is 0 Å². The summed E-state index contributed by atoms with van der Waals surface area (Å²) in [6, 6.07) is 14.2. The smallest absolute Gasteiger partial charge is 0.249 e. The second kappa shape index (κ2) is 5.92. The van der Waals surface area contributed by atoms with Gasteiger partial charge in [0.05, 0.1) is 6.54 Å². The molecule has 1 heterocycles. The Balaban J connectivity index is 1.78. The molecule has 1 aliphatic heterocycles. The summed E-state index contributed by atoms with van der Waals surface area (Å²) in [7, 11) is 0. The number of thioether (sulfide) groups is 1. The molecular formula is C16H14N2OS. The number of carbonyl (C=O) groups is 1. The highest BCUT2D eigenvalue weighted by Crippen LogP contribution is 2.19. The van der Waals surface area contributed by atoms with Crippen molar-refractivity contribution in [3.05, 3.63) is 54.1 Å². The van der Waals surface area contributed by atoms with Crippen LogP contribution in [0.2, 0.25) is 0 Å². The third-order valence-electron chi connectivity index (χ3n) is 3.05. The predicted octanol–water partition coefficient (Wildman–Crippen LogP) is 3.07. The lowest BCUT2D eigenvalue weighted by molar-refractivity contribution is -0.115. The molecule has 2 aromatic carbocycles. The zero-order chi connectivity index (χ0) is 13.8. The fraction of sp³-hybridized carbons (Fsp3) is 0.125. The first-order chi connectivity index (χ1) is 9.83. The minimum absolute atomic E-state index is 0.133. The van der Waals surface area contributed by atoms with Crippen molar-refractivity contribution in [1.82, 2.24) is 5.32 Å². The van der Waals surface area contributed by atoms with Gasteiger partial charge in [0, 0.05) is 11.8 Å². The molecule has 1 aliphatic rings. The number of nitrogens with zero attached hydrogens (tertiary/aromatic N) is 1. The van der Waals surface area contributed by atoms with Gasteiger partial charge < -0.3 is 5.32 Å². The number of aliphatic imine (C=N–C) groups is 1. The first-order valence-corrected chi connectivity index (χ1v) is 7.45. The number of amides is 1. The summed E-state index contributed by atoms with van der Waals surface area (Å²) in [5, 5.41) is 5.82. The number of amidine groups is 1. The summed E-state index contributed by atoms with van der Waals surface area (Å²) in [5.41, 5.74) is 1.04. The van der Waals surface area contributed by atoms with Crippen molar-refractivity contribution in [3.8, 4) is 0 Å². The van der Waals surface area contributed by atoms with Gasteiger partial charge in [-0.1, -0.05) is 54.2 Å². The molecule has 3 nitrogen and oxygen atoms in total. The fourth-order valence-corrected chi connectivity index (χ4v) is 2.85. The van der Waals surface area contributed by atoms with Crippen molar-refractivity contribution in [3.63, 3.8) is 0 Å². The van der Waals surface area contributed by atoms with Crippen molar-refractivity contribution in [2.24, 2.45) is 4.99 Å². The number of carbonyl (C=O) groups excluding carboxylic acids is 1. The predicted molar refractivity (Wildman–Crippen MR) is 85.9 cm³/mol. The van der Waals surface area contributed by atoms with Gasteiger partial charge >= 0.3 is 0 Å². The number of rotatable bonds is 2. The monoisotopic (exact) mass is 282 g/mol. The normalized spacial score (nSPS) is 14.7. The van der Waals surface area contributed by atoms with Crippen molar-refractivity contribution in [1.29, 1.82) is 0 Å². The molecule has 0 bridgehead atoms. The van der Waals surface area contributed by atoms with Crippen molar-refractivity contribution in [2.75, 3.05) is 12.3 Å². The van der Waals surface area contributed by atoms with E-state index in [0.29, 0.717) is 0 Å². The Hall–Kier alpha value is -2.07. The van der Waals surface area contributed by atoms with E-state index >= 15 is 0 Å². The average molecular weight is 282 g/mol. The van der Waals surface area contributed by atoms with Crippen LogP contribution in [-0.4, -0.2) is 23.4 Å². The minimum atomic E-state index is -0.133. The molecule has 0 saturated carbocycles. The SMILES string of the molecule is O=C(/C=C/c1cccc2ccccc12)NC1=NCCS1. The lowest BCUT2D eigenvalue weighted by Gasteiger charge is -2.02. The quantitative estimate of drug-likeness (QED) is 0.860. The molecule has 20 heavy (non-hydrogen) atoms. The molecular weight excluding hydrogens is 268 g/mol. The Kier molecular flexibility index (Phi) is 3.83. The van der Waals surface area contributed by atoms with Gasteiger partial charge in [-0.05, 0) is 22.4 Å². The Morgan fingerprint density at radius 2 is 2.05 bits per heavy atom. The largest absolute Gasteiger partial charge is 0.302 e. The van der Waals surface area contributed by atoms with Crippen LogP contribution in [0.15, 0.2) is 53.5 Å². The van der Waals surface area contributed by atoms with Gasteiger partial charge in [0.2, 0.25) is 5.91 Å². The van der Waals surface area contributed by atoms with Gasteiger partial charge in [-0.2, -0.15) is 0 Å². The molecule has 1 amide bonds. The molecule has 0 radical (unpaired) electrons. The van der Waals surface area contributed by atoms with E-state index in [4.69, 9.17) is 0 Å². The first kappa shape index (κ1) is 12.9. The Morgan fingerprint density at radius 3 is 2.90 bits per heavy atom. The average Bonchev–Trinajstić information content (AvgIpc) is 2.98. The second-order valence-corrected chi connectivity index (χ2v) is 5.51. The first-order valence-electron chi connectivity index (χ1n) is 6.47. The number of nitrogens with one attached hydrogen (secondary N) is 1. The summed E-state index contributed by atoms with van der Waals surface area (Å²) >= 11 is 1.58. The topological polar surface area (TPSA) is 41.5 Å². The molecule has 0 spiro atoms. The highest BCUT2D eigenvalue weighted by Gasteiger charge is 2.08. The molecule has 0 aromatic heterocycles. The molecule has 4 heteroatoms. The van der Waals surface area contributed by atoms with Gasteiger partial charge in [0.25, 0.3) is 0 Å². The number of hydrogen-bond acceptors (Lipinski definition) is 3. The molecule has 1 N–H and O–H groups in total. The maximum atomic E-state index is 11.8. The van der Waals surface area contributed by atoms with Crippen molar-refractivity contribution < 1.29 is 4.79 Å². The lowest BCUT2D eigenvalue weighted by atomic mass is 10.0.